The van der Waals surface area contributed by atoms with Crippen molar-refractivity contribution < 1.29 is 23.9 Å². The van der Waals surface area contributed by atoms with Gasteiger partial charge >= 0.3 is 5.97 Å². The van der Waals surface area contributed by atoms with Gasteiger partial charge in [0.1, 0.15) is 5.75 Å². The Bertz CT molecular complexity index is 1080. The highest BCUT2D eigenvalue weighted by Crippen LogP contribution is 2.41. The number of rotatable bonds is 9. The molecule has 0 saturated heterocycles. The van der Waals surface area contributed by atoms with Crippen LogP contribution in [0, 0.1) is 5.92 Å². The molecule has 7 nitrogen and oxygen atoms in total. The van der Waals surface area contributed by atoms with Gasteiger partial charge in [-0.2, -0.15) is 0 Å². The topological polar surface area (TPSA) is 97.5 Å². The molecule has 1 atom stereocenters. The maximum Gasteiger partial charge on any atom is 0.338 e. The Hall–Kier alpha value is -3.87. The Morgan fingerprint density at radius 1 is 0.969 bits per heavy atom. The SMILES string of the molecule is COc1ccc(C(NC(=O)COC(=O)c2ccc(C(=O)c3cc[nH]c3)cc2)C2CC2)cc1. The van der Waals surface area contributed by atoms with Gasteiger partial charge in [-0.15, -0.1) is 0 Å². The number of ether oxygens (including phenoxy) is 2. The lowest BCUT2D eigenvalue weighted by molar-refractivity contribution is -0.125. The summed E-state index contributed by atoms with van der Waals surface area (Å²) in [5.41, 5.74) is 2.28. The van der Waals surface area contributed by atoms with Gasteiger partial charge in [0.05, 0.1) is 18.7 Å². The molecule has 0 radical (unpaired) electrons. The monoisotopic (exact) mass is 432 g/mol. The minimum Gasteiger partial charge on any atom is -0.497 e. The van der Waals surface area contributed by atoms with Crippen LogP contribution in [0.25, 0.3) is 0 Å². The van der Waals surface area contributed by atoms with Gasteiger partial charge in [-0.25, -0.2) is 4.79 Å². The summed E-state index contributed by atoms with van der Waals surface area (Å²) in [7, 11) is 1.61. The van der Waals surface area contributed by atoms with E-state index in [4.69, 9.17) is 9.47 Å². The van der Waals surface area contributed by atoms with Gasteiger partial charge in [0.15, 0.2) is 12.4 Å². The number of H-pyrrole nitrogens is 1. The average Bonchev–Trinajstić information content (AvgIpc) is 3.53. The first-order valence-electron chi connectivity index (χ1n) is 10.4. The van der Waals surface area contributed by atoms with E-state index in [2.05, 4.69) is 10.3 Å². The molecule has 0 aliphatic heterocycles. The molecule has 7 heteroatoms. The van der Waals surface area contributed by atoms with Crippen molar-refractivity contribution in [2.75, 3.05) is 13.7 Å². The first-order valence-corrected chi connectivity index (χ1v) is 10.4. The number of esters is 1. The molecule has 4 rings (SSSR count). The zero-order valence-electron chi connectivity index (χ0n) is 17.7. The number of ketones is 1. The van der Waals surface area contributed by atoms with Gasteiger partial charge in [-0.1, -0.05) is 24.3 Å². The van der Waals surface area contributed by atoms with Crippen molar-refractivity contribution in [1.82, 2.24) is 10.3 Å². The van der Waals surface area contributed by atoms with Crippen molar-refractivity contribution in [3.8, 4) is 5.75 Å². The number of amides is 1. The van der Waals surface area contributed by atoms with Crippen LogP contribution >= 0.6 is 0 Å². The summed E-state index contributed by atoms with van der Waals surface area (Å²) in [5.74, 6) is 0.0197. The van der Waals surface area contributed by atoms with Crippen LogP contribution in [0.1, 0.15) is 50.7 Å². The first-order chi connectivity index (χ1) is 15.5. The van der Waals surface area contributed by atoms with E-state index in [9.17, 15) is 14.4 Å². The third-order valence-corrected chi connectivity index (χ3v) is 5.46. The maximum atomic E-state index is 12.4. The molecule has 1 aliphatic rings. The van der Waals surface area contributed by atoms with Gasteiger partial charge < -0.3 is 19.8 Å². The summed E-state index contributed by atoms with van der Waals surface area (Å²) in [4.78, 5) is 39.9. The summed E-state index contributed by atoms with van der Waals surface area (Å²) in [6.07, 6.45) is 5.38. The molecule has 1 aromatic heterocycles. The van der Waals surface area contributed by atoms with Crippen molar-refractivity contribution in [1.29, 1.82) is 0 Å². The van der Waals surface area contributed by atoms with E-state index >= 15 is 0 Å². The normalized spacial score (nSPS) is 13.8. The van der Waals surface area contributed by atoms with Crippen LogP contribution in [0.3, 0.4) is 0 Å². The maximum absolute atomic E-state index is 12.4. The second-order valence-corrected chi connectivity index (χ2v) is 7.74. The lowest BCUT2D eigenvalue weighted by atomic mass is 10.0. The van der Waals surface area contributed by atoms with Crippen LogP contribution in [0.2, 0.25) is 0 Å². The third kappa shape index (κ3) is 5.06. The number of benzene rings is 2. The van der Waals surface area contributed by atoms with Crippen LogP contribution in [0.15, 0.2) is 67.0 Å². The number of aromatic nitrogens is 1. The average molecular weight is 432 g/mol. The van der Waals surface area contributed by atoms with Gasteiger partial charge in [0.2, 0.25) is 0 Å². The molecule has 1 heterocycles. The van der Waals surface area contributed by atoms with Crippen LogP contribution in [-0.2, 0) is 9.53 Å². The molecule has 164 valence electrons. The Balaban J connectivity index is 1.32. The largest absolute Gasteiger partial charge is 0.497 e. The molecule has 1 unspecified atom stereocenters. The van der Waals surface area contributed by atoms with Crippen molar-refractivity contribution in [2.45, 2.75) is 18.9 Å². The zero-order valence-corrected chi connectivity index (χ0v) is 17.7. The molecule has 1 fully saturated rings. The van der Waals surface area contributed by atoms with Crippen molar-refractivity contribution in [3.63, 3.8) is 0 Å². The minimum absolute atomic E-state index is 0.120. The number of hydrogen-bond acceptors (Lipinski definition) is 5. The summed E-state index contributed by atoms with van der Waals surface area (Å²) in [5, 5.41) is 2.97. The molecule has 2 aromatic carbocycles. The Labute approximate surface area is 185 Å². The van der Waals surface area contributed by atoms with E-state index in [1.54, 1.807) is 37.7 Å². The minimum atomic E-state index is -0.617. The lowest BCUT2D eigenvalue weighted by Gasteiger charge is -2.19. The van der Waals surface area contributed by atoms with Gasteiger partial charge in [-0.05, 0) is 54.7 Å². The number of aromatic amines is 1. The zero-order chi connectivity index (χ0) is 22.5. The van der Waals surface area contributed by atoms with Crippen molar-refractivity contribution >= 4 is 17.7 Å². The quantitative estimate of drug-likeness (QED) is 0.397. The van der Waals surface area contributed by atoms with Gasteiger partial charge in [0.25, 0.3) is 5.91 Å². The molecule has 32 heavy (non-hydrogen) atoms. The molecule has 3 aromatic rings. The van der Waals surface area contributed by atoms with Crippen LogP contribution in [-0.4, -0.2) is 36.4 Å². The fourth-order valence-electron chi connectivity index (χ4n) is 3.53. The lowest BCUT2D eigenvalue weighted by Crippen LogP contribution is -2.33. The fourth-order valence-corrected chi connectivity index (χ4v) is 3.53. The number of nitrogens with one attached hydrogen (secondary N) is 2. The third-order valence-electron chi connectivity index (χ3n) is 5.46. The highest BCUT2D eigenvalue weighted by molar-refractivity contribution is 6.09. The van der Waals surface area contributed by atoms with Gasteiger partial charge in [-0.3, -0.25) is 9.59 Å². The molecule has 1 amide bonds. The van der Waals surface area contributed by atoms with Gasteiger partial charge in [0, 0.05) is 23.5 Å². The second-order valence-electron chi connectivity index (χ2n) is 7.74. The molecule has 2 N–H and O–H groups in total. The molecule has 1 aliphatic carbocycles. The first kappa shape index (κ1) is 21.4. The molecule has 1 saturated carbocycles. The Kier molecular flexibility index (Phi) is 6.35. The smallest absolute Gasteiger partial charge is 0.338 e. The van der Waals surface area contributed by atoms with Crippen molar-refractivity contribution in [3.05, 3.63) is 89.2 Å². The molecular formula is C25H24N2O5. The Morgan fingerprint density at radius 2 is 1.66 bits per heavy atom. The van der Waals surface area contributed by atoms with E-state index in [1.165, 1.54) is 12.1 Å². The van der Waals surface area contributed by atoms with Crippen LogP contribution < -0.4 is 10.1 Å². The second kappa shape index (κ2) is 9.51. The highest BCUT2D eigenvalue weighted by Gasteiger charge is 2.33. The highest BCUT2D eigenvalue weighted by atomic mass is 16.5. The molecule has 0 bridgehead atoms. The number of hydrogen-bond donors (Lipinski definition) is 2. The standard InChI is InChI=1S/C25H24N2O5/c1-31-21-10-8-17(9-11-21)23(16-2-3-16)27-22(28)15-32-25(30)19-6-4-18(5-7-19)24(29)20-12-13-26-14-20/h4-14,16,23,26H,2-3,15H2,1H3,(H,27,28). The van der Waals surface area contributed by atoms with E-state index < -0.39 is 5.97 Å². The molecule has 0 spiro atoms. The Morgan fingerprint density at radius 3 is 2.25 bits per heavy atom. The summed E-state index contributed by atoms with van der Waals surface area (Å²) < 4.78 is 10.4. The number of carbonyl (C=O) groups excluding carboxylic acids is 3. The number of methoxy groups -OCH3 is 1. The van der Waals surface area contributed by atoms with E-state index in [0.29, 0.717) is 17.0 Å². The van der Waals surface area contributed by atoms with Crippen LogP contribution in [0.5, 0.6) is 5.75 Å². The summed E-state index contributed by atoms with van der Waals surface area (Å²) >= 11 is 0. The predicted molar refractivity (Wildman–Crippen MR) is 118 cm³/mol. The predicted octanol–water partition coefficient (Wildman–Crippen LogP) is 3.68. The molecular weight excluding hydrogens is 408 g/mol. The van der Waals surface area contributed by atoms with Crippen LogP contribution in [0.4, 0.5) is 0 Å². The van der Waals surface area contributed by atoms with E-state index in [-0.39, 0.29) is 29.9 Å². The number of carbonyl (C=O) groups is 3. The fraction of sp³-hybridized carbons (Fsp3) is 0.240. The van der Waals surface area contributed by atoms with Crippen molar-refractivity contribution in [2.24, 2.45) is 5.92 Å². The van der Waals surface area contributed by atoms with E-state index in [0.717, 1.165) is 24.2 Å². The summed E-state index contributed by atoms with van der Waals surface area (Å²) in [6.45, 7) is -0.373. The van der Waals surface area contributed by atoms with E-state index in [1.807, 2.05) is 24.3 Å². The summed E-state index contributed by atoms with van der Waals surface area (Å²) in [6, 6.07) is 15.3.